The van der Waals surface area contributed by atoms with E-state index in [1.165, 1.54) is 12.1 Å². The van der Waals surface area contributed by atoms with Crippen molar-refractivity contribution >= 4 is 10.0 Å². The Balaban J connectivity index is 1.74. The molecule has 2 rings (SSSR count). The number of hydrogen-bond donors (Lipinski definition) is 3. The third-order valence-corrected chi connectivity index (χ3v) is 4.38. The molecule has 0 fully saturated rings. The highest BCUT2D eigenvalue weighted by Crippen LogP contribution is 2.12. The summed E-state index contributed by atoms with van der Waals surface area (Å²) >= 11 is 0. The maximum atomic E-state index is 11.2. The Labute approximate surface area is 142 Å². The Hall–Kier alpha value is -1.93. The van der Waals surface area contributed by atoms with Gasteiger partial charge in [0.15, 0.2) is 0 Å². The van der Waals surface area contributed by atoms with Gasteiger partial charge in [-0.2, -0.15) is 0 Å². The number of aliphatic hydroxyl groups is 1. The average molecular weight is 350 g/mol. The Morgan fingerprint density at radius 1 is 1.00 bits per heavy atom. The standard InChI is InChI=1S/C17H22N2O4S/c18-24(21,22)17-7-3-14(4-8-17)9-10-19-13-15-1-5-16(6-2-15)23-12-11-20/h1-8,19-20H,9-13H2,(H2,18,21,22). The van der Waals surface area contributed by atoms with Crippen LogP contribution in [-0.4, -0.2) is 33.3 Å². The van der Waals surface area contributed by atoms with Gasteiger partial charge in [-0.1, -0.05) is 24.3 Å². The molecule has 0 saturated heterocycles. The molecule has 0 aliphatic rings. The summed E-state index contributed by atoms with van der Waals surface area (Å²) in [4.78, 5) is 0.128. The van der Waals surface area contributed by atoms with E-state index in [9.17, 15) is 8.42 Å². The number of sulfonamides is 1. The number of aliphatic hydroxyl groups excluding tert-OH is 1. The van der Waals surface area contributed by atoms with Crippen molar-refractivity contribution in [2.24, 2.45) is 5.14 Å². The molecule has 0 aliphatic carbocycles. The first kappa shape index (κ1) is 18.4. The molecule has 2 aromatic rings. The van der Waals surface area contributed by atoms with Gasteiger partial charge in [0.05, 0.1) is 11.5 Å². The van der Waals surface area contributed by atoms with Crippen molar-refractivity contribution in [1.82, 2.24) is 5.32 Å². The first-order chi connectivity index (χ1) is 11.5. The van der Waals surface area contributed by atoms with Crippen LogP contribution in [0.2, 0.25) is 0 Å². The molecule has 0 amide bonds. The second kappa shape index (κ2) is 8.79. The van der Waals surface area contributed by atoms with E-state index in [1.54, 1.807) is 12.1 Å². The fourth-order valence-corrected chi connectivity index (χ4v) is 2.69. The van der Waals surface area contributed by atoms with Gasteiger partial charge in [0.1, 0.15) is 12.4 Å². The highest BCUT2D eigenvalue weighted by atomic mass is 32.2. The second-order valence-corrected chi connectivity index (χ2v) is 6.89. The van der Waals surface area contributed by atoms with Gasteiger partial charge in [0, 0.05) is 6.54 Å². The minimum absolute atomic E-state index is 0.00148. The topological polar surface area (TPSA) is 102 Å². The molecule has 0 spiro atoms. The minimum Gasteiger partial charge on any atom is -0.491 e. The number of ether oxygens (including phenoxy) is 1. The zero-order valence-electron chi connectivity index (χ0n) is 13.3. The van der Waals surface area contributed by atoms with Gasteiger partial charge in [0.25, 0.3) is 0 Å². The number of benzene rings is 2. The Morgan fingerprint density at radius 3 is 2.21 bits per heavy atom. The third-order valence-electron chi connectivity index (χ3n) is 3.45. The molecule has 4 N–H and O–H groups in total. The summed E-state index contributed by atoms with van der Waals surface area (Å²) in [6, 6.07) is 14.3. The highest BCUT2D eigenvalue weighted by molar-refractivity contribution is 7.89. The molecular weight excluding hydrogens is 328 g/mol. The molecule has 24 heavy (non-hydrogen) atoms. The third kappa shape index (κ3) is 5.93. The molecule has 0 saturated carbocycles. The number of nitrogens with two attached hydrogens (primary N) is 1. The molecule has 130 valence electrons. The monoisotopic (exact) mass is 350 g/mol. The first-order valence-corrected chi connectivity index (χ1v) is 9.19. The summed E-state index contributed by atoms with van der Waals surface area (Å²) in [6.07, 6.45) is 0.794. The van der Waals surface area contributed by atoms with E-state index in [2.05, 4.69) is 5.32 Å². The van der Waals surface area contributed by atoms with Gasteiger partial charge in [-0.05, 0) is 48.4 Å². The normalized spacial score (nSPS) is 11.4. The van der Waals surface area contributed by atoms with E-state index in [4.69, 9.17) is 15.0 Å². The number of rotatable bonds is 9. The van der Waals surface area contributed by atoms with Crippen molar-refractivity contribution in [1.29, 1.82) is 0 Å². The molecular formula is C17H22N2O4S. The van der Waals surface area contributed by atoms with Crippen LogP contribution in [0.3, 0.4) is 0 Å². The zero-order valence-corrected chi connectivity index (χ0v) is 14.1. The Kier molecular flexibility index (Phi) is 6.74. The van der Waals surface area contributed by atoms with Gasteiger partial charge in [-0.3, -0.25) is 0 Å². The number of nitrogens with one attached hydrogen (secondary N) is 1. The fourth-order valence-electron chi connectivity index (χ4n) is 2.18. The summed E-state index contributed by atoms with van der Waals surface area (Å²) in [7, 11) is -3.63. The van der Waals surface area contributed by atoms with Gasteiger partial charge >= 0.3 is 0 Å². The molecule has 0 bridgehead atoms. The van der Waals surface area contributed by atoms with Crippen molar-refractivity contribution in [2.75, 3.05) is 19.8 Å². The average Bonchev–Trinajstić information content (AvgIpc) is 2.57. The Morgan fingerprint density at radius 2 is 1.62 bits per heavy atom. The van der Waals surface area contributed by atoms with Gasteiger partial charge < -0.3 is 15.2 Å². The molecule has 0 aromatic heterocycles. The SMILES string of the molecule is NS(=O)(=O)c1ccc(CCNCc2ccc(OCCO)cc2)cc1. The van der Waals surface area contributed by atoms with E-state index >= 15 is 0 Å². The fraction of sp³-hybridized carbons (Fsp3) is 0.294. The van der Waals surface area contributed by atoms with Crippen molar-refractivity contribution in [3.8, 4) is 5.75 Å². The van der Waals surface area contributed by atoms with Crippen molar-refractivity contribution < 1.29 is 18.3 Å². The zero-order chi connectivity index (χ0) is 17.4. The van der Waals surface area contributed by atoms with E-state index in [0.717, 1.165) is 36.4 Å². The predicted octanol–water partition coefficient (Wildman–Crippen LogP) is 1.04. The number of primary sulfonamides is 1. The quantitative estimate of drug-likeness (QED) is 0.587. The van der Waals surface area contributed by atoms with E-state index in [0.29, 0.717) is 6.61 Å². The van der Waals surface area contributed by atoms with E-state index in [-0.39, 0.29) is 11.5 Å². The van der Waals surface area contributed by atoms with Crippen LogP contribution in [0.4, 0.5) is 0 Å². The molecule has 0 atom stereocenters. The lowest BCUT2D eigenvalue weighted by Gasteiger charge is -2.08. The van der Waals surface area contributed by atoms with Crippen LogP contribution in [0.1, 0.15) is 11.1 Å². The van der Waals surface area contributed by atoms with Crippen molar-refractivity contribution in [3.63, 3.8) is 0 Å². The lowest BCUT2D eigenvalue weighted by atomic mass is 10.1. The molecule has 2 aromatic carbocycles. The van der Waals surface area contributed by atoms with Gasteiger partial charge in [-0.25, -0.2) is 13.6 Å². The first-order valence-electron chi connectivity index (χ1n) is 7.64. The summed E-state index contributed by atoms with van der Waals surface area (Å²) in [6.45, 7) is 1.80. The lowest BCUT2D eigenvalue weighted by molar-refractivity contribution is 0.201. The molecule has 0 unspecified atom stereocenters. The molecule has 0 radical (unpaired) electrons. The predicted molar refractivity (Wildman–Crippen MR) is 92.2 cm³/mol. The second-order valence-electron chi connectivity index (χ2n) is 5.33. The van der Waals surface area contributed by atoms with Crippen molar-refractivity contribution in [2.45, 2.75) is 17.9 Å². The van der Waals surface area contributed by atoms with Crippen molar-refractivity contribution in [3.05, 3.63) is 59.7 Å². The molecule has 0 aliphatic heterocycles. The summed E-state index contributed by atoms with van der Waals surface area (Å²) < 4.78 is 27.7. The number of hydrogen-bond acceptors (Lipinski definition) is 5. The minimum atomic E-state index is -3.63. The maximum absolute atomic E-state index is 11.2. The summed E-state index contributed by atoms with van der Waals surface area (Å²) in [5.74, 6) is 0.739. The highest BCUT2D eigenvalue weighted by Gasteiger charge is 2.06. The maximum Gasteiger partial charge on any atom is 0.238 e. The van der Waals surface area contributed by atoms with Crippen LogP contribution in [0.25, 0.3) is 0 Å². The molecule has 7 heteroatoms. The van der Waals surface area contributed by atoms with Gasteiger partial charge in [-0.15, -0.1) is 0 Å². The molecule has 6 nitrogen and oxygen atoms in total. The van der Waals surface area contributed by atoms with Crippen LogP contribution in [0.5, 0.6) is 5.75 Å². The lowest BCUT2D eigenvalue weighted by Crippen LogP contribution is -2.17. The smallest absolute Gasteiger partial charge is 0.238 e. The van der Waals surface area contributed by atoms with Crippen LogP contribution in [0.15, 0.2) is 53.4 Å². The summed E-state index contributed by atoms with van der Waals surface area (Å²) in [5, 5.41) is 17.1. The Bertz CT molecular complexity index is 728. The van der Waals surface area contributed by atoms with E-state index < -0.39 is 10.0 Å². The van der Waals surface area contributed by atoms with Crippen LogP contribution < -0.4 is 15.2 Å². The molecule has 0 heterocycles. The van der Waals surface area contributed by atoms with Crippen LogP contribution in [-0.2, 0) is 23.0 Å². The van der Waals surface area contributed by atoms with Crippen LogP contribution >= 0.6 is 0 Å². The van der Waals surface area contributed by atoms with E-state index in [1.807, 2.05) is 24.3 Å². The van der Waals surface area contributed by atoms with Gasteiger partial charge in [0.2, 0.25) is 10.0 Å². The summed E-state index contributed by atoms with van der Waals surface area (Å²) in [5.41, 5.74) is 2.18. The van der Waals surface area contributed by atoms with Crippen LogP contribution in [0, 0.1) is 0 Å². The largest absolute Gasteiger partial charge is 0.491 e.